The summed E-state index contributed by atoms with van der Waals surface area (Å²) in [6.07, 6.45) is -0.416. The summed E-state index contributed by atoms with van der Waals surface area (Å²) < 4.78 is 23.0. The number of β-amino-alcohol motifs (C(OH)–C–C–N with tert-alkyl or cyclic N) is 1. The number of piperazine rings is 1. The van der Waals surface area contributed by atoms with E-state index in [4.69, 9.17) is 0 Å². The number of aliphatic hydroxyl groups excluding tert-OH is 1. The van der Waals surface area contributed by atoms with Crippen LogP contribution >= 0.6 is 0 Å². The molecule has 1 N–H and O–H groups in total. The standard InChI is InChI=1S/C14H28N2O4S/c1-5-21(19,20)11-13(18)16-8-6-15(7-9-16)10-12(17)14(2,3)4/h12,17H,5-11H2,1-4H3/t12-/m1/s1. The molecule has 1 aliphatic heterocycles. The molecule has 0 aromatic carbocycles. The largest absolute Gasteiger partial charge is 0.391 e. The molecule has 1 fully saturated rings. The first-order valence-corrected chi connectivity index (χ1v) is 9.26. The molecule has 1 heterocycles. The van der Waals surface area contributed by atoms with E-state index in [1.165, 1.54) is 0 Å². The molecule has 21 heavy (non-hydrogen) atoms. The van der Waals surface area contributed by atoms with Crippen LogP contribution < -0.4 is 0 Å². The van der Waals surface area contributed by atoms with Crippen molar-refractivity contribution >= 4 is 15.7 Å². The van der Waals surface area contributed by atoms with Gasteiger partial charge in [-0.25, -0.2) is 8.42 Å². The normalized spacial score (nSPS) is 19.6. The van der Waals surface area contributed by atoms with E-state index in [-0.39, 0.29) is 17.1 Å². The van der Waals surface area contributed by atoms with Gasteiger partial charge in [-0.05, 0) is 5.41 Å². The molecule has 0 bridgehead atoms. The van der Waals surface area contributed by atoms with Gasteiger partial charge in [-0.2, -0.15) is 0 Å². The van der Waals surface area contributed by atoms with Gasteiger partial charge in [0, 0.05) is 38.5 Å². The van der Waals surface area contributed by atoms with Crippen molar-refractivity contribution in [1.82, 2.24) is 9.80 Å². The van der Waals surface area contributed by atoms with Crippen molar-refractivity contribution in [3.05, 3.63) is 0 Å². The maximum Gasteiger partial charge on any atom is 0.237 e. The summed E-state index contributed by atoms with van der Waals surface area (Å²) in [5.74, 6) is -0.710. The van der Waals surface area contributed by atoms with Gasteiger partial charge in [-0.3, -0.25) is 9.69 Å². The first-order valence-electron chi connectivity index (χ1n) is 7.44. The summed E-state index contributed by atoms with van der Waals surface area (Å²) >= 11 is 0. The lowest BCUT2D eigenvalue weighted by Gasteiger charge is -2.38. The highest BCUT2D eigenvalue weighted by atomic mass is 32.2. The molecule has 124 valence electrons. The van der Waals surface area contributed by atoms with Gasteiger partial charge in [0.05, 0.1) is 6.10 Å². The lowest BCUT2D eigenvalue weighted by molar-refractivity contribution is -0.130. The summed E-state index contributed by atoms with van der Waals surface area (Å²) in [5.41, 5.74) is -0.165. The van der Waals surface area contributed by atoms with E-state index in [2.05, 4.69) is 4.90 Å². The highest BCUT2D eigenvalue weighted by Crippen LogP contribution is 2.20. The van der Waals surface area contributed by atoms with Crippen LogP contribution in [0, 0.1) is 5.41 Å². The lowest BCUT2D eigenvalue weighted by atomic mass is 9.89. The second kappa shape index (κ2) is 7.07. The molecule has 0 aromatic rings. The fourth-order valence-corrected chi connectivity index (χ4v) is 2.84. The third-order valence-electron chi connectivity index (χ3n) is 3.94. The molecule has 0 spiro atoms. The Labute approximate surface area is 128 Å². The van der Waals surface area contributed by atoms with Crippen LogP contribution in [0.1, 0.15) is 27.7 Å². The van der Waals surface area contributed by atoms with Gasteiger partial charge in [-0.15, -0.1) is 0 Å². The Bertz CT molecular complexity index is 448. The van der Waals surface area contributed by atoms with E-state index in [1.54, 1.807) is 11.8 Å². The minimum absolute atomic E-state index is 0.00349. The molecule has 1 amide bonds. The van der Waals surface area contributed by atoms with Gasteiger partial charge in [-0.1, -0.05) is 27.7 Å². The number of aliphatic hydroxyl groups is 1. The SMILES string of the molecule is CCS(=O)(=O)CC(=O)N1CCN(C[C@@H](O)C(C)(C)C)CC1. The Morgan fingerprint density at radius 1 is 1.19 bits per heavy atom. The van der Waals surface area contributed by atoms with Gasteiger partial charge < -0.3 is 10.0 Å². The van der Waals surface area contributed by atoms with Crippen LogP contribution in [0.5, 0.6) is 0 Å². The fourth-order valence-electron chi connectivity index (χ4n) is 2.08. The molecule has 7 heteroatoms. The predicted molar refractivity (Wildman–Crippen MR) is 82.8 cm³/mol. The molecule has 1 aliphatic rings. The van der Waals surface area contributed by atoms with Crippen LogP contribution in [0.15, 0.2) is 0 Å². The summed E-state index contributed by atoms with van der Waals surface area (Å²) in [5, 5.41) is 10.1. The molecule has 0 aliphatic carbocycles. The first kappa shape index (κ1) is 18.4. The highest BCUT2D eigenvalue weighted by molar-refractivity contribution is 7.92. The maximum atomic E-state index is 11.9. The number of carbonyl (C=O) groups is 1. The Balaban J connectivity index is 2.44. The third-order valence-corrected chi connectivity index (χ3v) is 5.51. The van der Waals surface area contributed by atoms with E-state index in [9.17, 15) is 18.3 Å². The van der Waals surface area contributed by atoms with Crippen LogP contribution in [0.25, 0.3) is 0 Å². The summed E-state index contributed by atoms with van der Waals surface area (Å²) in [7, 11) is -3.26. The molecule has 0 radical (unpaired) electrons. The molecule has 1 rings (SSSR count). The van der Waals surface area contributed by atoms with Gasteiger partial charge in [0.1, 0.15) is 5.75 Å². The number of hydrogen-bond donors (Lipinski definition) is 1. The van der Waals surface area contributed by atoms with Crippen LogP contribution in [0.3, 0.4) is 0 Å². The molecule has 0 aromatic heterocycles. The van der Waals surface area contributed by atoms with Crippen LogP contribution in [0.2, 0.25) is 0 Å². The molecular weight excluding hydrogens is 292 g/mol. The van der Waals surface area contributed by atoms with Gasteiger partial charge in [0.2, 0.25) is 5.91 Å². The van der Waals surface area contributed by atoms with Crippen molar-refractivity contribution in [2.75, 3.05) is 44.2 Å². The summed E-state index contributed by atoms with van der Waals surface area (Å²) in [4.78, 5) is 15.7. The van der Waals surface area contributed by atoms with Crippen LogP contribution in [-0.2, 0) is 14.6 Å². The molecule has 6 nitrogen and oxygen atoms in total. The molecule has 1 saturated heterocycles. The number of sulfone groups is 1. The van der Waals surface area contributed by atoms with E-state index in [0.717, 1.165) is 0 Å². The van der Waals surface area contributed by atoms with Crippen LogP contribution in [0.4, 0.5) is 0 Å². The molecule has 1 atom stereocenters. The van der Waals surface area contributed by atoms with E-state index >= 15 is 0 Å². The van der Waals surface area contributed by atoms with Crippen molar-refractivity contribution in [3.63, 3.8) is 0 Å². The molecule has 0 saturated carbocycles. The number of hydrogen-bond acceptors (Lipinski definition) is 5. The van der Waals surface area contributed by atoms with Crippen molar-refractivity contribution in [1.29, 1.82) is 0 Å². The Kier molecular flexibility index (Phi) is 6.19. The zero-order chi connectivity index (χ0) is 16.3. The smallest absolute Gasteiger partial charge is 0.237 e. The number of amides is 1. The topological polar surface area (TPSA) is 77.9 Å². The minimum Gasteiger partial charge on any atom is -0.391 e. The Hall–Kier alpha value is -0.660. The number of carbonyl (C=O) groups excluding carboxylic acids is 1. The number of rotatable bonds is 5. The predicted octanol–water partition coefficient (Wildman–Crippen LogP) is -0.0277. The summed E-state index contributed by atoms with van der Waals surface area (Å²) in [6.45, 7) is 10.5. The average Bonchev–Trinajstić information content (AvgIpc) is 2.38. The first-order chi connectivity index (χ1) is 9.55. The van der Waals surface area contributed by atoms with Gasteiger partial charge in [0.15, 0.2) is 9.84 Å². The Morgan fingerprint density at radius 3 is 2.14 bits per heavy atom. The van der Waals surface area contributed by atoms with Crippen molar-refractivity contribution in [3.8, 4) is 0 Å². The second-order valence-electron chi connectivity index (χ2n) is 6.74. The maximum absolute atomic E-state index is 11.9. The fraction of sp³-hybridized carbons (Fsp3) is 0.929. The zero-order valence-corrected chi connectivity index (χ0v) is 14.3. The summed E-state index contributed by atoms with van der Waals surface area (Å²) in [6, 6.07) is 0. The van der Waals surface area contributed by atoms with Crippen molar-refractivity contribution in [2.45, 2.75) is 33.8 Å². The van der Waals surface area contributed by atoms with Gasteiger partial charge >= 0.3 is 0 Å². The Morgan fingerprint density at radius 2 is 1.71 bits per heavy atom. The van der Waals surface area contributed by atoms with Crippen molar-refractivity contribution < 1.29 is 18.3 Å². The van der Waals surface area contributed by atoms with Crippen LogP contribution in [-0.4, -0.2) is 79.6 Å². The molecular formula is C14H28N2O4S. The van der Waals surface area contributed by atoms with Gasteiger partial charge in [0.25, 0.3) is 0 Å². The lowest BCUT2D eigenvalue weighted by Crippen LogP contribution is -2.52. The van der Waals surface area contributed by atoms with E-state index in [1.807, 2.05) is 20.8 Å². The second-order valence-corrected chi connectivity index (χ2v) is 9.09. The third kappa shape index (κ3) is 5.92. The number of nitrogens with zero attached hydrogens (tertiary/aromatic N) is 2. The quantitative estimate of drug-likeness (QED) is 0.770. The van der Waals surface area contributed by atoms with Crippen molar-refractivity contribution in [2.24, 2.45) is 5.41 Å². The minimum atomic E-state index is -3.26. The monoisotopic (exact) mass is 320 g/mol. The van der Waals surface area contributed by atoms with E-state index in [0.29, 0.717) is 32.7 Å². The van der Waals surface area contributed by atoms with E-state index < -0.39 is 21.7 Å². The zero-order valence-electron chi connectivity index (χ0n) is 13.5. The average molecular weight is 320 g/mol. The highest BCUT2D eigenvalue weighted by Gasteiger charge is 2.28. The molecule has 0 unspecified atom stereocenters.